The van der Waals surface area contributed by atoms with E-state index >= 15 is 0 Å². The molecule has 2 amide bonds. The first-order chi connectivity index (χ1) is 28.3. The molecule has 0 bridgehead atoms. The van der Waals surface area contributed by atoms with Gasteiger partial charge >= 0.3 is 5.97 Å². The number of nitrogens with zero attached hydrogens (tertiary/aromatic N) is 1. The van der Waals surface area contributed by atoms with Gasteiger partial charge in [-0.1, -0.05) is 48.6 Å². The Morgan fingerprint density at radius 1 is 0.610 bits per heavy atom. The number of hydrogen-bond donors (Lipinski definition) is 14. The van der Waals surface area contributed by atoms with Crippen LogP contribution in [-0.2, 0) is 0 Å². The summed E-state index contributed by atoms with van der Waals surface area (Å²) in [6.45, 7) is 7.12. The van der Waals surface area contributed by atoms with E-state index in [1.54, 1.807) is 60.7 Å². The molecule has 0 aliphatic rings. The molecule has 0 fully saturated rings. The van der Waals surface area contributed by atoms with Gasteiger partial charge < -0.3 is 82.2 Å². The Kier molecular flexibility index (Phi) is 37.2. The molecule has 4 aromatic rings. The number of nitrogens with one attached hydrogen (secondary N) is 1. The van der Waals surface area contributed by atoms with E-state index in [0.29, 0.717) is 33.9 Å². The summed E-state index contributed by atoms with van der Waals surface area (Å²) in [6.07, 6.45) is 3.67. The minimum absolute atomic E-state index is 0.187. The van der Waals surface area contributed by atoms with E-state index < -0.39 is 37.2 Å². The lowest BCUT2D eigenvalue weighted by atomic mass is 10.0. The van der Waals surface area contributed by atoms with E-state index in [-0.39, 0.29) is 11.5 Å². The van der Waals surface area contributed by atoms with E-state index in [2.05, 4.69) is 46.3 Å². The maximum absolute atomic E-state index is 11.9. The average Bonchev–Trinajstić information content (AvgIpc) is 3.26. The van der Waals surface area contributed by atoms with Crippen LogP contribution >= 0.6 is 0 Å². The fraction of sp³-hybridized carbons (Fsp3) is 0.244. The zero-order valence-corrected chi connectivity index (χ0v) is 34.5. The van der Waals surface area contributed by atoms with Gasteiger partial charge in [0.05, 0.1) is 36.8 Å². The number of carbonyl (C=O) groups is 3. The highest BCUT2D eigenvalue weighted by molar-refractivity contribution is 5.96. The lowest BCUT2D eigenvalue weighted by Gasteiger charge is -2.28. The molecule has 0 heterocycles. The molecule has 4 rings (SSSR count). The molecule has 0 spiro atoms. The standard InChI is InChI=1S/C12H17N3.C11H17N3O4.C7H7NO.C7H6O2.4CH5N/c1-3-7-15(8-4-2)12-6-5-10(13)9-11(12)14;12-8-1-7(2-9(13)3-8)10(18)14-11(4-15,5-16)6-17;2*8-7(9)6-4-2-1-3-5-6;4*1-2/h3-6,9H,1-2,7-8,13-14H2;1-3,15-17H,4-6,12-13H2,(H,14,18);1-5H,(H2,8,9);1-5H,(H,8,9);4*2H2,1H3. The van der Waals surface area contributed by atoms with Crippen LogP contribution in [0.25, 0.3) is 0 Å². The van der Waals surface area contributed by atoms with E-state index in [9.17, 15) is 14.4 Å². The Labute approximate surface area is 347 Å². The number of nitrogens with two attached hydrogens (primary N) is 9. The first-order valence-electron chi connectivity index (χ1n) is 17.6. The third-order valence-corrected chi connectivity index (χ3v) is 6.70. The second kappa shape index (κ2) is 37.1. The molecular formula is C41H67N11O7. The number of aliphatic hydroxyl groups is 3. The molecule has 0 aromatic heterocycles. The molecule has 18 heteroatoms. The second-order valence-electron chi connectivity index (χ2n) is 10.8. The smallest absolute Gasteiger partial charge is 0.335 e. The number of carboxylic acids is 1. The van der Waals surface area contributed by atoms with Crippen molar-refractivity contribution in [2.45, 2.75) is 5.54 Å². The number of benzene rings is 4. The minimum Gasteiger partial charge on any atom is -0.478 e. The third kappa shape index (κ3) is 25.4. The summed E-state index contributed by atoms with van der Waals surface area (Å²) in [7, 11) is 6.00. The van der Waals surface area contributed by atoms with Gasteiger partial charge in [0.25, 0.3) is 5.91 Å². The van der Waals surface area contributed by atoms with E-state index in [1.165, 1.54) is 46.4 Å². The molecule has 328 valence electrons. The second-order valence-corrected chi connectivity index (χ2v) is 10.8. The zero-order valence-electron chi connectivity index (χ0n) is 34.5. The molecule has 4 aromatic carbocycles. The minimum atomic E-state index is -1.48. The van der Waals surface area contributed by atoms with Crippen molar-refractivity contribution in [3.05, 3.63) is 139 Å². The molecule has 0 saturated heterocycles. The summed E-state index contributed by atoms with van der Waals surface area (Å²) in [4.78, 5) is 34.6. The van der Waals surface area contributed by atoms with Crippen LogP contribution in [-0.4, -0.2) is 105 Å². The molecule has 0 saturated carbocycles. The Balaban J connectivity index is -0.000000333. The van der Waals surface area contributed by atoms with E-state index in [1.807, 2.05) is 30.4 Å². The topological polar surface area (TPSA) is 382 Å². The maximum atomic E-state index is 11.9. The number of nitrogen functional groups attached to an aromatic ring is 4. The number of amides is 2. The number of primary amides is 1. The predicted octanol–water partition coefficient (Wildman–Crippen LogP) is 0.796. The van der Waals surface area contributed by atoms with Gasteiger partial charge in [0.2, 0.25) is 5.91 Å². The van der Waals surface area contributed by atoms with Crippen LogP contribution < -0.4 is 61.8 Å². The molecule has 59 heavy (non-hydrogen) atoms. The first kappa shape index (κ1) is 59.2. The predicted molar refractivity (Wildman–Crippen MR) is 243 cm³/mol. The molecule has 23 N–H and O–H groups in total. The monoisotopic (exact) mass is 826 g/mol. The van der Waals surface area contributed by atoms with Gasteiger partial charge in [-0.05, 0) is 88.9 Å². The summed E-state index contributed by atoms with van der Waals surface area (Å²) in [6, 6.07) is 26.9. The third-order valence-electron chi connectivity index (χ3n) is 6.70. The van der Waals surface area contributed by atoms with Crippen molar-refractivity contribution in [3.8, 4) is 0 Å². The first-order valence-corrected chi connectivity index (χ1v) is 17.6. The van der Waals surface area contributed by atoms with Gasteiger partial charge in [0.1, 0.15) is 5.54 Å². The number of carbonyl (C=O) groups excluding carboxylic acids is 2. The SMILES string of the molecule is C=CCN(CC=C)c1ccc(N)cc1N.CN.CN.CN.CN.NC(=O)c1ccccc1.Nc1cc(N)cc(C(=O)NC(CO)(CO)CO)c1.O=C(O)c1ccccc1. The number of carboxylic acid groups (broad SMARTS) is 1. The number of rotatable bonds is 12. The van der Waals surface area contributed by atoms with Crippen molar-refractivity contribution in [2.24, 2.45) is 28.7 Å². The van der Waals surface area contributed by atoms with Crippen molar-refractivity contribution >= 4 is 46.2 Å². The van der Waals surface area contributed by atoms with Crippen LogP contribution in [0.5, 0.6) is 0 Å². The van der Waals surface area contributed by atoms with Crippen molar-refractivity contribution < 1.29 is 34.8 Å². The van der Waals surface area contributed by atoms with Crippen LogP contribution in [0.15, 0.2) is 122 Å². The van der Waals surface area contributed by atoms with Crippen LogP contribution in [0.1, 0.15) is 31.1 Å². The summed E-state index contributed by atoms with van der Waals surface area (Å²) in [5.41, 5.74) is 48.2. The lowest BCUT2D eigenvalue weighted by Crippen LogP contribution is -2.57. The Morgan fingerprint density at radius 3 is 1.32 bits per heavy atom. The molecule has 0 aliphatic heterocycles. The summed E-state index contributed by atoms with van der Waals surface area (Å²) in [5.74, 6) is -1.85. The quantitative estimate of drug-likeness (QED) is 0.0693. The van der Waals surface area contributed by atoms with Gasteiger partial charge in [-0.25, -0.2) is 4.79 Å². The van der Waals surface area contributed by atoms with Gasteiger partial charge in [-0.3, -0.25) is 9.59 Å². The Morgan fingerprint density at radius 2 is 1.02 bits per heavy atom. The van der Waals surface area contributed by atoms with Crippen molar-refractivity contribution in [1.29, 1.82) is 0 Å². The number of anilines is 5. The molecule has 0 atom stereocenters. The van der Waals surface area contributed by atoms with Crippen LogP contribution in [0.3, 0.4) is 0 Å². The average molecular weight is 826 g/mol. The van der Waals surface area contributed by atoms with Crippen LogP contribution in [0.2, 0.25) is 0 Å². The highest BCUT2D eigenvalue weighted by Gasteiger charge is 2.30. The number of aromatic carboxylic acids is 1. The summed E-state index contributed by atoms with van der Waals surface area (Å²) < 4.78 is 0. The molecule has 18 nitrogen and oxygen atoms in total. The molecule has 0 unspecified atom stereocenters. The molecular weight excluding hydrogens is 759 g/mol. The Bertz CT molecular complexity index is 1620. The number of hydrogen-bond acceptors (Lipinski definition) is 15. The maximum Gasteiger partial charge on any atom is 0.335 e. The fourth-order valence-electron chi connectivity index (χ4n) is 4.02. The van der Waals surface area contributed by atoms with E-state index in [0.717, 1.165) is 18.8 Å². The van der Waals surface area contributed by atoms with Gasteiger partial charge in [0.15, 0.2) is 0 Å². The summed E-state index contributed by atoms with van der Waals surface area (Å²) >= 11 is 0. The van der Waals surface area contributed by atoms with E-state index in [4.69, 9.17) is 49.1 Å². The van der Waals surface area contributed by atoms with Crippen molar-refractivity contribution in [2.75, 3.05) is 88.9 Å². The van der Waals surface area contributed by atoms with Gasteiger partial charge in [-0.15, -0.1) is 13.2 Å². The highest BCUT2D eigenvalue weighted by Crippen LogP contribution is 2.25. The number of aliphatic hydroxyl groups excluding tert-OH is 3. The van der Waals surface area contributed by atoms with Crippen LogP contribution in [0.4, 0.5) is 28.4 Å². The largest absolute Gasteiger partial charge is 0.478 e. The molecule has 0 aliphatic carbocycles. The molecule has 0 radical (unpaired) electrons. The normalized spacial score (nSPS) is 9.00. The Hall–Kier alpha value is -6.51. The van der Waals surface area contributed by atoms with Crippen molar-refractivity contribution in [3.63, 3.8) is 0 Å². The van der Waals surface area contributed by atoms with Gasteiger partial charge in [0, 0.05) is 41.3 Å². The highest BCUT2D eigenvalue weighted by atomic mass is 16.4. The van der Waals surface area contributed by atoms with Crippen molar-refractivity contribution in [1.82, 2.24) is 5.32 Å². The zero-order chi connectivity index (χ0) is 46.4. The summed E-state index contributed by atoms with van der Waals surface area (Å²) in [5, 5.41) is 38.0. The lowest BCUT2D eigenvalue weighted by molar-refractivity contribution is 0.0375. The van der Waals surface area contributed by atoms with Crippen LogP contribution in [0, 0.1) is 0 Å². The van der Waals surface area contributed by atoms with Gasteiger partial charge in [-0.2, -0.15) is 0 Å². The fourth-order valence-corrected chi connectivity index (χ4v) is 4.02.